The highest BCUT2D eigenvalue weighted by Gasteiger charge is 2.14. The zero-order valence-corrected chi connectivity index (χ0v) is 10.7. The van der Waals surface area contributed by atoms with Gasteiger partial charge < -0.3 is 15.4 Å². The zero-order valence-electron chi connectivity index (χ0n) is 10.7. The van der Waals surface area contributed by atoms with Crippen molar-refractivity contribution in [3.8, 4) is 0 Å². The summed E-state index contributed by atoms with van der Waals surface area (Å²) in [4.78, 5) is 13.9. The topological polar surface area (TPSA) is 78.6 Å². The second-order valence-electron chi connectivity index (χ2n) is 4.09. The number of carbonyl (C=O) groups is 1. The molecular weight excluding hydrogens is 230 g/mol. The van der Waals surface area contributed by atoms with Crippen molar-refractivity contribution in [3.63, 3.8) is 0 Å². The van der Waals surface area contributed by atoms with Gasteiger partial charge in [-0.1, -0.05) is 13.3 Å². The number of anilines is 1. The van der Waals surface area contributed by atoms with Crippen molar-refractivity contribution in [1.82, 2.24) is 4.90 Å². The maximum atomic E-state index is 12.2. The van der Waals surface area contributed by atoms with E-state index in [4.69, 9.17) is 10.9 Å². The first-order valence-corrected chi connectivity index (χ1v) is 6.19. The summed E-state index contributed by atoms with van der Waals surface area (Å²) < 4.78 is 0. The van der Waals surface area contributed by atoms with Gasteiger partial charge in [-0.05, 0) is 30.7 Å². The summed E-state index contributed by atoms with van der Waals surface area (Å²) in [5, 5.41) is 8.99. The minimum Gasteiger partial charge on any atom is -0.395 e. The van der Waals surface area contributed by atoms with E-state index in [-0.39, 0.29) is 12.5 Å². The monoisotopic (exact) mass is 251 g/mol. The van der Waals surface area contributed by atoms with E-state index in [1.807, 2.05) is 0 Å². The van der Waals surface area contributed by atoms with Crippen LogP contribution >= 0.6 is 0 Å². The van der Waals surface area contributed by atoms with Crippen molar-refractivity contribution < 1.29 is 9.90 Å². The Balaban J connectivity index is 2.73. The molecule has 0 spiro atoms. The number of benzene rings is 1. The van der Waals surface area contributed by atoms with Crippen LogP contribution in [0.3, 0.4) is 0 Å². The number of nitrogens with two attached hydrogens (primary N) is 1. The molecule has 18 heavy (non-hydrogen) atoms. The number of carbonyl (C=O) groups excluding carboxylic acids is 1. The zero-order chi connectivity index (χ0) is 13.4. The Kier molecular flexibility index (Phi) is 6.18. The largest absolute Gasteiger partial charge is 0.395 e. The molecule has 0 bridgehead atoms. The molecule has 1 aromatic rings. The lowest BCUT2D eigenvalue weighted by Gasteiger charge is -2.21. The number of aliphatic hydroxyl groups excluding tert-OH is 1. The molecule has 0 aromatic heterocycles. The molecule has 5 nitrogen and oxygen atoms in total. The molecule has 1 aromatic carbocycles. The maximum Gasteiger partial charge on any atom is 0.253 e. The Morgan fingerprint density at radius 2 is 2.00 bits per heavy atom. The van der Waals surface area contributed by atoms with Gasteiger partial charge in [-0.3, -0.25) is 10.6 Å². The van der Waals surface area contributed by atoms with Crippen LogP contribution in [0.15, 0.2) is 24.3 Å². The second kappa shape index (κ2) is 7.68. The van der Waals surface area contributed by atoms with Crippen molar-refractivity contribution in [2.75, 3.05) is 25.1 Å². The quantitative estimate of drug-likeness (QED) is 0.503. The Labute approximate surface area is 108 Å². The molecule has 4 N–H and O–H groups in total. The van der Waals surface area contributed by atoms with Crippen molar-refractivity contribution in [1.29, 1.82) is 0 Å². The third-order valence-electron chi connectivity index (χ3n) is 2.74. The van der Waals surface area contributed by atoms with Crippen LogP contribution in [-0.4, -0.2) is 35.6 Å². The summed E-state index contributed by atoms with van der Waals surface area (Å²) in [6, 6.07) is 6.97. The highest BCUT2D eigenvalue weighted by atomic mass is 16.3. The fraction of sp³-hybridized carbons (Fsp3) is 0.462. The van der Waals surface area contributed by atoms with E-state index < -0.39 is 0 Å². The van der Waals surface area contributed by atoms with E-state index in [1.54, 1.807) is 29.2 Å². The van der Waals surface area contributed by atoms with Crippen LogP contribution in [0.1, 0.15) is 30.1 Å². The van der Waals surface area contributed by atoms with Crippen molar-refractivity contribution in [2.45, 2.75) is 19.8 Å². The highest BCUT2D eigenvalue weighted by molar-refractivity contribution is 5.94. The van der Waals surface area contributed by atoms with Gasteiger partial charge in [0.15, 0.2) is 0 Å². The summed E-state index contributed by atoms with van der Waals surface area (Å²) >= 11 is 0. The normalized spacial score (nSPS) is 10.2. The maximum absolute atomic E-state index is 12.2. The van der Waals surface area contributed by atoms with Gasteiger partial charge in [-0.25, -0.2) is 0 Å². The lowest BCUT2D eigenvalue weighted by Crippen LogP contribution is -2.34. The van der Waals surface area contributed by atoms with Gasteiger partial charge in [-0.2, -0.15) is 0 Å². The molecule has 0 fully saturated rings. The van der Waals surface area contributed by atoms with Gasteiger partial charge in [0.05, 0.1) is 6.61 Å². The molecule has 0 unspecified atom stereocenters. The van der Waals surface area contributed by atoms with Crippen molar-refractivity contribution >= 4 is 11.6 Å². The number of nitrogen functional groups attached to an aromatic ring is 1. The molecular formula is C13H21N3O2. The predicted octanol–water partition coefficient (Wildman–Crippen LogP) is 1.21. The van der Waals surface area contributed by atoms with Crippen LogP contribution in [0, 0.1) is 0 Å². The number of unbranched alkanes of at least 4 members (excludes halogenated alkanes) is 1. The molecule has 0 saturated heterocycles. The minimum atomic E-state index is -0.0546. The van der Waals surface area contributed by atoms with Crippen molar-refractivity contribution in [2.24, 2.45) is 5.84 Å². The number of hydrazine groups is 1. The number of nitrogens with zero attached hydrogens (tertiary/aromatic N) is 1. The minimum absolute atomic E-state index is 0.0160. The van der Waals surface area contributed by atoms with E-state index in [1.165, 1.54) is 0 Å². The van der Waals surface area contributed by atoms with E-state index in [0.717, 1.165) is 18.5 Å². The number of aliphatic hydroxyl groups is 1. The fourth-order valence-corrected chi connectivity index (χ4v) is 1.68. The van der Waals surface area contributed by atoms with Crippen LogP contribution in [0.25, 0.3) is 0 Å². The van der Waals surface area contributed by atoms with E-state index in [2.05, 4.69) is 12.3 Å². The molecule has 0 radical (unpaired) electrons. The SMILES string of the molecule is CCCCN(CCO)C(=O)c1ccc(NN)cc1. The summed E-state index contributed by atoms with van der Waals surface area (Å²) in [7, 11) is 0. The average Bonchev–Trinajstić information content (AvgIpc) is 2.43. The standard InChI is InChI=1S/C13H21N3O2/c1-2-3-8-16(9-10-17)13(18)11-4-6-12(15-14)7-5-11/h4-7,15,17H,2-3,8-10,14H2,1H3. The molecule has 0 atom stereocenters. The number of nitrogens with one attached hydrogen (secondary N) is 1. The Bertz CT molecular complexity index is 365. The summed E-state index contributed by atoms with van der Waals surface area (Å²) in [6.07, 6.45) is 1.96. The van der Waals surface area contributed by atoms with Gasteiger partial charge in [0.2, 0.25) is 0 Å². The van der Waals surface area contributed by atoms with Crippen LogP contribution in [0.2, 0.25) is 0 Å². The second-order valence-corrected chi connectivity index (χ2v) is 4.09. The first kappa shape index (κ1) is 14.5. The molecule has 0 saturated carbocycles. The Morgan fingerprint density at radius 3 is 2.50 bits per heavy atom. The van der Waals surface area contributed by atoms with Gasteiger partial charge in [0.25, 0.3) is 5.91 Å². The molecule has 0 aliphatic heterocycles. The molecule has 100 valence electrons. The fourth-order valence-electron chi connectivity index (χ4n) is 1.68. The molecule has 5 heteroatoms. The lowest BCUT2D eigenvalue weighted by molar-refractivity contribution is 0.0719. The number of amides is 1. The third-order valence-corrected chi connectivity index (χ3v) is 2.74. The summed E-state index contributed by atoms with van der Waals surface area (Å²) in [5.41, 5.74) is 3.88. The van der Waals surface area contributed by atoms with Crippen LogP contribution in [0.4, 0.5) is 5.69 Å². The van der Waals surface area contributed by atoms with Crippen LogP contribution < -0.4 is 11.3 Å². The molecule has 0 heterocycles. The first-order valence-electron chi connectivity index (χ1n) is 6.19. The molecule has 0 aliphatic carbocycles. The average molecular weight is 251 g/mol. The van der Waals surface area contributed by atoms with Gasteiger partial charge in [-0.15, -0.1) is 0 Å². The van der Waals surface area contributed by atoms with Crippen LogP contribution in [-0.2, 0) is 0 Å². The summed E-state index contributed by atoms with van der Waals surface area (Å²) in [5.74, 6) is 5.22. The number of rotatable bonds is 7. The predicted molar refractivity (Wildman–Crippen MR) is 72.1 cm³/mol. The van der Waals surface area contributed by atoms with Gasteiger partial charge in [0, 0.05) is 24.3 Å². The Hall–Kier alpha value is -1.59. The summed E-state index contributed by atoms with van der Waals surface area (Å²) in [6.45, 7) is 3.10. The Morgan fingerprint density at radius 1 is 1.33 bits per heavy atom. The lowest BCUT2D eigenvalue weighted by atomic mass is 10.1. The van der Waals surface area contributed by atoms with E-state index >= 15 is 0 Å². The van der Waals surface area contributed by atoms with Gasteiger partial charge in [0.1, 0.15) is 0 Å². The highest BCUT2D eigenvalue weighted by Crippen LogP contribution is 2.11. The molecule has 1 rings (SSSR count). The van der Waals surface area contributed by atoms with E-state index in [9.17, 15) is 4.79 Å². The number of hydrogen-bond donors (Lipinski definition) is 3. The smallest absolute Gasteiger partial charge is 0.253 e. The van der Waals surface area contributed by atoms with Gasteiger partial charge >= 0.3 is 0 Å². The van der Waals surface area contributed by atoms with E-state index in [0.29, 0.717) is 18.7 Å². The van der Waals surface area contributed by atoms with Crippen molar-refractivity contribution in [3.05, 3.63) is 29.8 Å². The number of hydrogen-bond acceptors (Lipinski definition) is 4. The molecule has 0 aliphatic rings. The first-order chi connectivity index (χ1) is 8.72. The third kappa shape index (κ3) is 4.01. The molecule has 1 amide bonds. The van der Waals surface area contributed by atoms with Crippen LogP contribution in [0.5, 0.6) is 0 Å².